The zero-order valence-electron chi connectivity index (χ0n) is 34.5. The largest absolute Gasteiger partial charge is 0.455 e. The van der Waals surface area contributed by atoms with Crippen molar-refractivity contribution in [2.45, 2.75) is 0 Å². The molecule has 10 aromatic carbocycles. The highest BCUT2D eigenvalue weighted by Gasteiger charge is 2.22. The molecule has 0 spiro atoms. The molecule has 3 aromatic heterocycles. The fourth-order valence-corrected chi connectivity index (χ4v) is 9.58. The van der Waals surface area contributed by atoms with Gasteiger partial charge >= 0.3 is 0 Å². The SMILES string of the molecule is c1ccc(-c2ccc(-c3cc(-c4cc(-c5cc6ccccc6c6oc7ccccc7c56)cc(-c5cc6ccccc6c6oc7ccccc7c56)c4)nc(-c4ccccc4)n3)cc2)cc1. The van der Waals surface area contributed by atoms with Crippen LogP contribution in [0, 0.1) is 0 Å². The molecule has 3 heterocycles. The minimum absolute atomic E-state index is 0.662. The molecule has 0 saturated heterocycles. The van der Waals surface area contributed by atoms with Crippen LogP contribution >= 0.6 is 0 Å². The van der Waals surface area contributed by atoms with Crippen LogP contribution in [-0.4, -0.2) is 9.97 Å². The van der Waals surface area contributed by atoms with Crippen molar-refractivity contribution >= 4 is 65.4 Å². The molecule has 13 rings (SSSR count). The normalized spacial score (nSPS) is 11.8. The fraction of sp³-hybridized carbons (Fsp3) is 0. The highest BCUT2D eigenvalue weighted by molar-refractivity contribution is 6.23. The third-order valence-electron chi connectivity index (χ3n) is 12.6. The summed E-state index contributed by atoms with van der Waals surface area (Å²) in [4.78, 5) is 10.6. The lowest BCUT2D eigenvalue weighted by molar-refractivity contribution is 0.672. The Kier molecular flexibility index (Phi) is 8.18. The number of benzene rings is 10. The molecule has 4 heteroatoms. The molecular formula is C60H36N2O2. The lowest BCUT2D eigenvalue weighted by atomic mass is 9.89. The van der Waals surface area contributed by atoms with Crippen LogP contribution in [0.1, 0.15) is 0 Å². The first-order chi connectivity index (χ1) is 31.7. The molecule has 0 aliphatic rings. The summed E-state index contributed by atoms with van der Waals surface area (Å²) in [7, 11) is 0. The molecular weight excluding hydrogens is 781 g/mol. The van der Waals surface area contributed by atoms with E-state index in [1.54, 1.807) is 0 Å². The lowest BCUT2D eigenvalue weighted by Gasteiger charge is -2.15. The molecule has 0 fully saturated rings. The van der Waals surface area contributed by atoms with E-state index in [4.69, 9.17) is 18.8 Å². The van der Waals surface area contributed by atoms with Crippen LogP contribution in [0.15, 0.2) is 227 Å². The number of rotatable bonds is 6. The molecule has 0 unspecified atom stereocenters. The molecule has 0 N–H and O–H groups in total. The molecule has 4 nitrogen and oxygen atoms in total. The second-order valence-corrected chi connectivity index (χ2v) is 16.5. The Morgan fingerprint density at radius 2 is 0.688 bits per heavy atom. The number of aromatic nitrogens is 2. The van der Waals surface area contributed by atoms with Crippen LogP contribution in [0.4, 0.5) is 0 Å². The Hall–Kier alpha value is -8.60. The van der Waals surface area contributed by atoms with Gasteiger partial charge in [0.25, 0.3) is 0 Å². The Morgan fingerprint density at radius 3 is 1.23 bits per heavy atom. The molecule has 0 radical (unpaired) electrons. The molecule has 0 aliphatic heterocycles. The van der Waals surface area contributed by atoms with Gasteiger partial charge in [-0.2, -0.15) is 0 Å². The number of nitrogens with zero attached hydrogens (tertiary/aromatic N) is 2. The minimum atomic E-state index is 0.662. The molecule has 0 amide bonds. The van der Waals surface area contributed by atoms with Gasteiger partial charge in [-0.1, -0.05) is 170 Å². The number of fused-ring (bicyclic) bond motifs is 10. The Morgan fingerprint density at radius 1 is 0.281 bits per heavy atom. The van der Waals surface area contributed by atoms with Crippen molar-refractivity contribution in [3.8, 4) is 67.3 Å². The van der Waals surface area contributed by atoms with Gasteiger partial charge in [0.05, 0.1) is 11.4 Å². The number of hydrogen-bond acceptors (Lipinski definition) is 4. The molecule has 13 aromatic rings. The average molecular weight is 817 g/mol. The van der Waals surface area contributed by atoms with Gasteiger partial charge in [-0.15, -0.1) is 0 Å². The van der Waals surface area contributed by atoms with E-state index in [2.05, 4.69) is 182 Å². The fourth-order valence-electron chi connectivity index (χ4n) is 9.58. The summed E-state index contributed by atoms with van der Waals surface area (Å²) in [6.07, 6.45) is 0. The van der Waals surface area contributed by atoms with Crippen molar-refractivity contribution in [3.05, 3.63) is 218 Å². The van der Waals surface area contributed by atoms with E-state index >= 15 is 0 Å². The van der Waals surface area contributed by atoms with Gasteiger partial charge in [-0.05, 0) is 92.7 Å². The van der Waals surface area contributed by atoms with Gasteiger partial charge < -0.3 is 8.83 Å². The van der Waals surface area contributed by atoms with E-state index in [1.165, 1.54) is 5.56 Å². The second kappa shape index (κ2) is 14.5. The van der Waals surface area contributed by atoms with Gasteiger partial charge in [-0.3, -0.25) is 0 Å². The minimum Gasteiger partial charge on any atom is -0.455 e. The van der Waals surface area contributed by atoms with Gasteiger partial charge in [0.1, 0.15) is 22.3 Å². The monoisotopic (exact) mass is 816 g/mol. The highest BCUT2D eigenvalue weighted by atomic mass is 16.3. The van der Waals surface area contributed by atoms with Crippen molar-refractivity contribution in [2.24, 2.45) is 0 Å². The van der Waals surface area contributed by atoms with E-state index in [-0.39, 0.29) is 0 Å². The third-order valence-corrected chi connectivity index (χ3v) is 12.6. The van der Waals surface area contributed by atoms with Crippen LogP contribution in [-0.2, 0) is 0 Å². The number of hydrogen-bond donors (Lipinski definition) is 0. The van der Waals surface area contributed by atoms with Crippen molar-refractivity contribution in [2.75, 3.05) is 0 Å². The van der Waals surface area contributed by atoms with Crippen LogP contribution in [0.25, 0.3) is 133 Å². The molecule has 0 atom stereocenters. The summed E-state index contributed by atoms with van der Waals surface area (Å²) in [5.41, 5.74) is 14.7. The molecule has 0 aliphatic carbocycles. The average Bonchev–Trinajstić information content (AvgIpc) is 3.96. The summed E-state index contributed by atoms with van der Waals surface area (Å²) in [6, 6.07) is 76.8. The van der Waals surface area contributed by atoms with Crippen LogP contribution in [0.5, 0.6) is 0 Å². The van der Waals surface area contributed by atoms with Crippen LogP contribution in [0.3, 0.4) is 0 Å². The summed E-state index contributed by atoms with van der Waals surface area (Å²) < 4.78 is 13.5. The van der Waals surface area contributed by atoms with E-state index in [0.717, 1.165) is 121 Å². The zero-order chi connectivity index (χ0) is 42.1. The van der Waals surface area contributed by atoms with E-state index in [1.807, 2.05) is 36.4 Å². The number of furan rings is 2. The van der Waals surface area contributed by atoms with Crippen molar-refractivity contribution in [3.63, 3.8) is 0 Å². The summed E-state index contributed by atoms with van der Waals surface area (Å²) in [5.74, 6) is 0.662. The van der Waals surface area contributed by atoms with E-state index in [9.17, 15) is 0 Å². The predicted molar refractivity (Wildman–Crippen MR) is 264 cm³/mol. The first-order valence-electron chi connectivity index (χ1n) is 21.6. The Balaban J connectivity index is 1.11. The second-order valence-electron chi connectivity index (χ2n) is 16.5. The third kappa shape index (κ3) is 5.92. The van der Waals surface area contributed by atoms with E-state index < -0.39 is 0 Å². The van der Waals surface area contributed by atoms with Gasteiger partial charge in [-0.25, -0.2) is 9.97 Å². The summed E-state index contributed by atoms with van der Waals surface area (Å²) in [5, 5.41) is 8.72. The topological polar surface area (TPSA) is 52.1 Å². The maximum absolute atomic E-state index is 6.73. The molecule has 0 bridgehead atoms. The predicted octanol–water partition coefficient (Wildman–Crippen LogP) is 16.6. The number of para-hydroxylation sites is 2. The first kappa shape index (κ1) is 36.1. The standard InChI is InChI=1S/C60H36N2O2/c1-3-15-37(16-4-1)38-27-29-39(30-28-38)52-36-53(62-60(61-52)40-17-5-2-6-18-40)45-32-43(50-34-41-19-7-9-21-46(41)58-56(50)48-23-11-13-25-54(48)63-58)31-44(33-45)51-35-42-20-8-10-22-47(42)59-57(51)49-24-12-14-26-55(49)64-59/h1-36H. The van der Waals surface area contributed by atoms with Crippen molar-refractivity contribution in [1.29, 1.82) is 0 Å². The summed E-state index contributed by atoms with van der Waals surface area (Å²) >= 11 is 0. The maximum Gasteiger partial charge on any atom is 0.160 e. The zero-order valence-corrected chi connectivity index (χ0v) is 34.5. The molecule has 64 heavy (non-hydrogen) atoms. The van der Waals surface area contributed by atoms with E-state index in [0.29, 0.717) is 5.82 Å². The van der Waals surface area contributed by atoms with Crippen molar-refractivity contribution < 1.29 is 8.83 Å². The Bertz CT molecular complexity index is 3770. The van der Waals surface area contributed by atoms with Gasteiger partial charge in [0.15, 0.2) is 5.82 Å². The Labute approximate surface area is 368 Å². The van der Waals surface area contributed by atoms with Gasteiger partial charge in [0, 0.05) is 49.0 Å². The van der Waals surface area contributed by atoms with Crippen LogP contribution < -0.4 is 0 Å². The van der Waals surface area contributed by atoms with Crippen molar-refractivity contribution in [1.82, 2.24) is 9.97 Å². The quantitative estimate of drug-likeness (QED) is 0.168. The van der Waals surface area contributed by atoms with Crippen LogP contribution in [0.2, 0.25) is 0 Å². The maximum atomic E-state index is 6.73. The first-order valence-corrected chi connectivity index (χ1v) is 21.6. The lowest BCUT2D eigenvalue weighted by Crippen LogP contribution is -1.97. The van der Waals surface area contributed by atoms with Gasteiger partial charge in [0.2, 0.25) is 0 Å². The highest BCUT2D eigenvalue weighted by Crippen LogP contribution is 2.46. The smallest absolute Gasteiger partial charge is 0.160 e. The summed E-state index contributed by atoms with van der Waals surface area (Å²) in [6.45, 7) is 0. The molecule has 298 valence electrons. The molecule has 0 saturated carbocycles.